The summed E-state index contributed by atoms with van der Waals surface area (Å²) < 4.78 is 12.5. The van der Waals surface area contributed by atoms with E-state index in [1.54, 1.807) is 25.3 Å². The molecule has 0 fully saturated rings. The van der Waals surface area contributed by atoms with Gasteiger partial charge in [-0.1, -0.05) is 30.0 Å². The Morgan fingerprint density at radius 2 is 1.85 bits per heavy atom. The molecule has 0 unspecified atom stereocenters. The lowest BCUT2D eigenvalue weighted by Crippen LogP contribution is -2.07. The van der Waals surface area contributed by atoms with Crippen LogP contribution in [0.25, 0.3) is 5.69 Å². The minimum absolute atomic E-state index is 0.0449. The SMILES string of the molecule is COc1ccc(C(=O)CSc2nnc(C)n2-c2ccccc2C)c(OC)c1. The number of methoxy groups -OCH3 is 2. The van der Waals surface area contributed by atoms with Gasteiger partial charge >= 0.3 is 0 Å². The van der Waals surface area contributed by atoms with Crippen molar-refractivity contribution in [3.63, 3.8) is 0 Å². The third-order valence-electron chi connectivity index (χ3n) is 4.19. The summed E-state index contributed by atoms with van der Waals surface area (Å²) in [6, 6.07) is 13.2. The molecule has 0 aliphatic carbocycles. The Morgan fingerprint density at radius 3 is 2.56 bits per heavy atom. The number of carbonyl (C=O) groups is 1. The van der Waals surface area contributed by atoms with Crippen molar-refractivity contribution in [1.82, 2.24) is 14.8 Å². The molecule has 0 radical (unpaired) electrons. The van der Waals surface area contributed by atoms with Crippen LogP contribution >= 0.6 is 11.8 Å². The first-order valence-corrected chi connectivity index (χ1v) is 9.39. The third-order valence-corrected chi connectivity index (χ3v) is 5.12. The molecule has 27 heavy (non-hydrogen) atoms. The van der Waals surface area contributed by atoms with Gasteiger partial charge in [-0.05, 0) is 37.6 Å². The van der Waals surface area contributed by atoms with Crippen LogP contribution in [0.3, 0.4) is 0 Å². The molecule has 140 valence electrons. The molecule has 0 bridgehead atoms. The number of Topliss-reactive ketones (excluding diaryl/α,β-unsaturated/α-hetero) is 1. The second kappa shape index (κ2) is 8.26. The van der Waals surface area contributed by atoms with Crippen molar-refractivity contribution < 1.29 is 14.3 Å². The van der Waals surface area contributed by atoms with E-state index in [1.165, 1.54) is 18.9 Å². The summed E-state index contributed by atoms with van der Waals surface area (Å²) >= 11 is 1.36. The number of benzene rings is 2. The van der Waals surface area contributed by atoms with E-state index < -0.39 is 0 Å². The summed E-state index contributed by atoms with van der Waals surface area (Å²) in [5, 5.41) is 9.11. The van der Waals surface area contributed by atoms with E-state index in [1.807, 2.05) is 42.7 Å². The molecule has 6 nitrogen and oxygen atoms in total. The van der Waals surface area contributed by atoms with Gasteiger partial charge in [0.25, 0.3) is 0 Å². The van der Waals surface area contributed by atoms with Crippen molar-refractivity contribution in [2.45, 2.75) is 19.0 Å². The highest BCUT2D eigenvalue weighted by Crippen LogP contribution is 2.28. The van der Waals surface area contributed by atoms with Gasteiger partial charge in [0, 0.05) is 6.07 Å². The van der Waals surface area contributed by atoms with Gasteiger partial charge in [-0.25, -0.2) is 0 Å². The second-order valence-electron chi connectivity index (χ2n) is 5.93. The Bertz CT molecular complexity index is 969. The van der Waals surface area contributed by atoms with Crippen LogP contribution in [0.15, 0.2) is 47.6 Å². The molecule has 0 amide bonds. The van der Waals surface area contributed by atoms with Crippen molar-refractivity contribution in [2.24, 2.45) is 0 Å². The number of carbonyl (C=O) groups excluding carboxylic acids is 1. The van der Waals surface area contributed by atoms with E-state index in [0.717, 1.165) is 17.1 Å². The Hall–Kier alpha value is -2.80. The number of ketones is 1. The van der Waals surface area contributed by atoms with Crippen molar-refractivity contribution >= 4 is 17.5 Å². The fraction of sp³-hybridized carbons (Fsp3) is 0.250. The molecular weight excluding hydrogens is 362 g/mol. The summed E-state index contributed by atoms with van der Waals surface area (Å²) in [4.78, 5) is 12.7. The summed E-state index contributed by atoms with van der Waals surface area (Å²) in [6.45, 7) is 3.94. The Kier molecular flexibility index (Phi) is 5.81. The maximum atomic E-state index is 12.7. The number of aromatic nitrogens is 3. The van der Waals surface area contributed by atoms with Crippen molar-refractivity contribution in [2.75, 3.05) is 20.0 Å². The van der Waals surface area contributed by atoms with Crippen LogP contribution in [-0.2, 0) is 0 Å². The highest BCUT2D eigenvalue weighted by Gasteiger charge is 2.18. The highest BCUT2D eigenvalue weighted by molar-refractivity contribution is 7.99. The Labute approximate surface area is 162 Å². The molecule has 1 aromatic heterocycles. The fourth-order valence-electron chi connectivity index (χ4n) is 2.76. The molecule has 0 spiro atoms. The number of hydrogen-bond donors (Lipinski definition) is 0. The van der Waals surface area contributed by atoms with E-state index in [9.17, 15) is 4.79 Å². The molecule has 0 aliphatic heterocycles. The number of para-hydroxylation sites is 1. The summed E-state index contributed by atoms with van der Waals surface area (Å²) in [5.74, 6) is 2.10. The van der Waals surface area contributed by atoms with Crippen LogP contribution in [0.4, 0.5) is 0 Å². The average molecular weight is 383 g/mol. The molecular formula is C20H21N3O3S. The average Bonchev–Trinajstić information content (AvgIpc) is 3.06. The highest BCUT2D eigenvalue weighted by atomic mass is 32.2. The summed E-state index contributed by atoms with van der Waals surface area (Å²) in [7, 11) is 3.11. The molecule has 0 saturated heterocycles. The first-order chi connectivity index (χ1) is 13.0. The lowest BCUT2D eigenvalue weighted by molar-refractivity contribution is 0.101. The topological polar surface area (TPSA) is 66.2 Å². The normalized spacial score (nSPS) is 10.7. The fourth-order valence-corrected chi connectivity index (χ4v) is 3.64. The lowest BCUT2D eigenvalue weighted by atomic mass is 10.1. The molecule has 2 aromatic carbocycles. The van der Waals surface area contributed by atoms with Crippen molar-refractivity contribution in [3.8, 4) is 17.2 Å². The largest absolute Gasteiger partial charge is 0.497 e. The van der Waals surface area contributed by atoms with Crippen LogP contribution in [-0.4, -0.2) is 40.5 Å². The zero-order valence-electron chi connectivity index (χ0n) is 15.7. The quantitative estimate of drug-likeness (QED) is 0.456. The molecule has 0 atom stereocenters. The van der Waals surface area contributed by atoms with Crippen molar-refractivity contribution in [1.29, 1.82) is 0 Å². The van der Waals surface area contributed by atoms with E-state index in [2.05, 4.69) is 10.2 Å². The maximum absolute atomic E-state index is 12.7. The molecule has 0 aliphatic rings. The number of ether oxygens (including phenoxy) is 2. The molecule has 3 rings (SSSR count). The van der Waals surface area contributed by atoms with E-state index >= 15 is 0 Å². The van der Waals surface area contributed by atoms with E-state index in [-0.39, 0.29) is 11.5 Å². The molecule has 1 heterocycles. The molecule has 0 N–H and O–H groups in total. The van der Waals surface area contributed by atoms with Crippen LogP contribution in [0.1, 0.15) is 21.7 Å². The smallest absolute Gasteiger partial charge is 0.196 e. The minimum atomic E-state index is -0.0449. The number of aryl methyl sites for hydroxylation is 2. The van der Waals surface area contributed by atoms with Gasteiger partial charge in [0.2, 0.25) is 0 Å². The molecule has 7 heteroatoms. The van der Waals surface area contributed by atoms with Gasteiger partial charge in [-0.2, -0.15) is 0 Å². The lowest BCUT2D eigenvalue weighted by Gasteiger charge is -2.12. The van der Waals surface area contributed by atoms with E-state index in [4.69, 9.17) is 9.47 Å². The Morgan fingerprint density at radius 1 is 1.07 bits per heavy atom. The second-order valence-corrected chi connectivity index (χ2v) is 6.87. The summed E-state index contributed by atoms with van der Waals surface area (Å²) in [6.07, 6.45) is 0. The van der Waals surface area contributed by atoms with Crippen LogP contribution in [0, 0.1) is 13.8 Å². The first-order valence-electron chi connectivity index (χ1n) is 8.41. The van der Waals surface area contributed by atoms with Gasteiger partial charge in [0.05, 0.1) is 31.2 Å². The Balaban J connectivity index is 1.82. The minimum Gasteiger partial charge on any atom is -0.497 e. The van der Waals surface area contributed by atoms with Crippen LogP contribution in [0.5, 0.6) is 11.5 Å². The van der Waals surface area contributed by atoms with Gasteiger partial charge in [-0.3, -0.25) is 9.36 Å². The van der Waals surface area contributed by atoms with Crippen molar-refractivity contribution in [3.05, 3.63) is 59.4 Å². The van der Waals surface area contributed by atoms with Gasteiger partial charge in [-0.15, -0.1) is 10.2 Å². The number of nitrogens with zero attached hydrogens (tertiary/aromatic N) is 3. The van der Waals surface area contributed by atoms with Crippen LogP contribution < -0.4 is 9.47 Å². The standard InChI is InChI=1S/C20H21N3O3S/c1-13-7-5-6-8-17(13)23-14(2)21-22-20(23)27-12-18(24)16-10-9-15(25-3)11-19(16)26-4/h5-11H,12H2,1-4H3. The van der Waals surface area contributed by atoms with Gasteiger partial charge < -0.3 is 9.47 Å². The predicted octanol–water partition coefficient (Wildman–Crippen LogP) is 3.88. The molecule has 0 saturated carbocycles. The number of rotatable bonds is 7. The van der Waals surface area contributed by atoms with E-state index in [0.29, 0.717) is 22.2 Å². The zero-order chi connectivity index (χ0) is 19.4. The molecule has 3 aromatic rings. The predicted molar refractivity (Wildman–Crippen MR) is 105 cm³/mol. The maximum Gasteiger partial charge on any atom is 0.196 e. The monoisotopic (exact) mass is 383 g/mol. The number of thioether (sulfide) groups is 1. The third kappa shape index (κ3) is 3.98. The zero-order valence-corrected chi connectivity index (χ0v) is 16.5. The number of hydrogen-bond acceptors (Lipinski definition) is 6. The summed E-state index contributed by atoms with van der Waals surface area (Å²) in [5.41, 5.74) is 2.65. The first kappa shape index (κ1) is 19.0. The van der Waals surface area contributed by atoms with Crippen LogP contribution in [0.2, 0.25) is 0 Å². The van der Waals surface area contributed by atoms with Gasteiger partial charge in [0.15, 0.2) is 10.9 Å². The van der Waals surface area contributed by atoms with Gasteiger partial charge in [0.1, 0.15) is 17.3 Å².